The Morgan fingerprint density at radius 1 is 1.05 bits per heavy atom. The normalized spacial score (nSPS) is 53.5. The van der Waals surface area contributed by atoms with Gasteiger partial charge in [-0.1, -0.05) is 20.3 Å². The fourth-order valence-electron chi connectivity index (χ4n) is 6.94. The summed E-state index contributed by atoms with van der Waals surface area (Å²) in [6, 6.07) is 0. The van der Waals surface area contributed by atoms with E-state index in [1.54, 1.807) is 0 Å². The van der Waals surface area contributed by atoms with Crippen LogP contribution in [0.5, 0.6) is 0 Å². The van der Waals surface area contributed by atoms with Crippen molar-refractivity contribution >= 4 is 5.78 Å². The van der Waals surface area contributed by atoms with E-state index in [1.165, 1.54) is 0 Å². The summed E-state index contributed by atoms with van der Waals surface area (Å²) >= 11 is 0. The van der Waals surface area contributed by atoms with Crippen molar-refractivity contribution in [2.45, 2.75) is 77.6 Å². The second-order valence-electron chi connectivity index (χ2n) is 9.23. The van der Waals surface area contributed by atoms with Crippen LogP contribution in [0.1, 0.15) is 71.6 Å². The van der Waals surface area contributed by atoms with Crippen molar-refractivity contribution in [1.29, 1.82) is 0 Å². The monoisotopic (exact) mass is 310 g/mol. The van der Waals surface area contributed by atoms with Gasteiger partial charge >= 0.3 is 0 Å². The minimum Gasteiger partial charge on any atom is -0.300 e. The van der Waals surface area contributed by atoms with Crippen LogP contribution in [-0.2, 0) is 4.79 Å². The van der Waals surface area contributed by atoms with E-state index in [0.717, 1.165) is 38.5 Å². The highest BCUT2D eigenvalue weighted by atomic mass is 19.3. The van der Waals surface area contributed by atoms with Gasteiger partial charge in [0.05, 0.1) is 0 Å². The summed E-state index contributed by atoms with van der Waals surface area (Å²) in [5.74, 6) is -2.54. The van der Waals surface area contributed by atoms with Gasteiger partial charge in [-0.15, -0.1) is 0 Å². The number of hydrogen-bond donors (Lipinski definition) is 0. The van der Waals surface area contributed by atoms with E-state index in [-0.39, 0.29) is 40.8 Å². The Morgan fingerprint density at radius 2 is 1.82 bits per heavy atom. The number of hydrogen-bond acceptors (Lipinski definition) is 1. The van der Waals surface area contributed by atoms with Crippen LogP contribution in [0.25, 0.3) is 0 Å². The Morgan fingerprint density at radius 3 is 2.59 bits per heavy atom. The molecule has 3 heteroatoms. The molecule has 0 aromatic rings. The van der Waals surface area contributed by atoms with Gasteiger partial charge in [0.15, 0.2) is 0 Å². The number of Topliss-reactive ketones (excluding diaryl/α,β-unsaturated/α-hetero) is 1. The smallest absolute Gasteiger partial charge is 0.251 e. The SMILES string of the molecule is CC12CCCC1C1C(CC2)C2(C)CCC(=O)C[C@@H]2CC1(F)F. The zero-order valence-corrected chi connectivity index (χ0v) is 13.8. The summed E-state index contributed by atoms with van der Waals surface area (Å²) in [5.41, 5.74) is 0.127. The molecule has 22 heavy (non-hydrogen) atoms. The molecule has 124 valence electrons. The first-order chi connectivity index (χ1) is 10.3. The molecule has 0 N–H and O–H groups in total. The average molecular weight is 310 g/mol. The first kappa shape index (κ1) is 15.1. The number of ketones is 1. The first-order valence-electron chi connectivity index (χ1n) is 9.16. The Hall–Kier alpha value is -0.470. The first-order valence-corrected chi connectivity index (χ1v) is 9.16. The second kappa shape index (κ2) is 4.54. The van der Waals surface area contributed by atoms with Crippen LogP contribution in [0, 0.1) is 34.5 Å². The van der Waals surface area contributed by atoms with E-state index >= 15 is 8.78 Å². The zero-order valence-electron chi connectivity index (χ0n) is 13.8. The predicted octanol–water partition coefficient (Wildman–Crippen LogP) is 5.23. The summed E-state index contributed by atoms with van der Waals surface area (Å²) in [7, 11) is 0. The Balaban J connectivity index is 1.74. The highest BCUT2D eigenvalue weighted by molar-refractivity contribution is 5.79. The van der Waals surface area contributed by atoms with Crippen molar-refractivity contribution in [2.24, 2.45) is 34.5 Å². The molecule has 0 aromatic carbocycles. The van der Waals surface area contributed by atoms with E-state index in [9.17, 15) is 4.79 Å². The van der Waals surface area contributed by atoms with Crippen molar-refractivity contribution < 1.29 is 13.6 Å². The quantitative estimate of drug-likeness (QED) is 0.598. The minimum atomic E-state index is -2.57. The van der Waals surface area contributed by atoms with Crippen molar-refractivity contribution in [2.75, 3.05) is 0 Å². The van der Waals surface area contributed by atoms with Gasteiger partial charge in [-0.2, -0.15) is 0 Å². The van der Waals surface area contributed by atoms with Crippen molar-refractivity contribution in [3.05, 3.63) is 0 Å². The molecule has 4 aliphatic carbocycles. The molecule has 0 radical (unpaired) electrons. The Kier molecular flexibility index (Phi) is 3.11. The average Bonchev–Trinajstić information content (AvgIpc) is 2.82. The lowest BCUT2D eigenvalue weighted by molar-refractivity contribution is -0.227. The number of rotatable bonds is 0. The van der Waals surface area contributed by atoms with Crippen molar-refractivity contribution in [3.8, 4) is 0 Å². The summed E-state index contributed by atoms with van der Waals surface area (Å²) < 4.78 is 30.2. The van der Waals surface area contributed by atoms with Gasteiger partial charge in [0, 0.05) is 25.2 Å². The van der Waals surface area contributed by atoms with Gasteiger partial charge in [0.1, 0.15) is 5.78 Å². The van der Waals surface area contributed by atoms with Gasteiger partial charge in [0.2, 0.25) is 0 Å². The second-order valence-corrected chi connectivity index (χ2v) is 9.23. The van der Waals surface area contributed by atoms with Gasteiger partial charge in [0.25, 0.3) is 5.92 Å². The van der Waals surface area contributed by atoms with Crippen LogP contribution in [0.4, 0.5) is 8.78 Å². The lowest BCUT2D eigenvalue weighted by Gasteiger charge is -2.61. The number of alkyl halides is 2. The number of carbonyl (C=O) groups is 1. The highest BCUT2D eigenvalue weighted by Gasteiger charge is 2.66. The van der Waals surface area contributed by atoms with E-state index in [1.807, 2.05) is 0 Å². The molecule has 0 heterocycles. The Labute approximate surface area is 132 Å². The third kappa shape index (κ3) is 1.89. The number of halogens is 2. The molecular weight excluding hydrogens is 282 g/mol. The predicted molar refractivity (Wildman–Crippen MR) is 81.7 cm³/mol. The molecule has 5 unspecified atom stereocenters. The zero-order chi connectivity index (χ0) is 15.8. The molecule has 1 nitrogen and oxygen atoms in total. The standard InChI is InChI=1S/C19H28F2O/c1-17-7-3-4-14(17)16-15(6-8-17)18(2)9-5-13(22)10-12(18)11-19(16,20)21/h12,14-16H,3-11H2,1-2H3/t12-,14?,15?,16?,17?,18?/m1/s1. The fourth-order valence-corrected chi connectivity index (χ4v) is 6.94. The lowest BCUT2D eigenvalue weighted by atomic mass is 9.44. The van der Waals surface area contributed by atoms with Gasteiger partial charge in [-0.05, 0) is 60.7 Å². The topological polar surface area (TPSA) is 17.1 Å². The summed E-state index contributed by atoms with van der Waals surface area (Å²) in [6.45, 7) is 4.49. The largest absolute Gasteiger partial charge is 0.300 e. The van der Waals surface area contributed by atoms with Crippen LogP contribution in [0.2, 0.25) is 0 Å². The van der Waals surface area contributed by atoms with Crippen LogP contribution in [-0.4, -0.2) is 11.7 Å². The van der Waals surface area contributed by atoms with Crippen LogP contribution in [0.3, 0.4) is 0 Å². The summed E-state index contributed by atoms with van der Waals surface area (Å²) in [5, 5.41) is 0. The van der Waals surface area contributed by atoms with Crippen molar-refractivity contribution in [3.63, 3.8) is 0 Å². The maximum Gasteiger partial charge on any atom is 0.251 e. The summed E-state index contributed by atoms with van der Waals surface area (Å²) in [6.07, 6.45) is 7.14. The third-order valence-corrected chi connectivity index (χ3v) is 8.25. The molecule has 0 saturated heterocycles. The third-order valence-electron chi connectivity index (χ3n) is 8.25. The van der Waals surface area contributed by atoms with Crippen LogP contribution >= 0.6 is 0 Å². The molecule has 0 spiro atoms. The lowest BCUT2D eigenvalue weighted by Crippen LogP contribution is -2.60. The Bertz CT molecular complexity index is 502. The van der Waals surface area contributed by atoms with E-state index in [4.69, 9.17) is 0 Å². The molecule has 0 aromatic heterocycles. The molecule has 0 amide bonds. The van der Waals surface area contributed by atoms with Gasteiger partial charge < -0.3 is 0 Å². The minimum absolute atomic E-state index is 0.0236. The summed E-state index contributed by atoms with van der Waals surface area (Å²) in [4.78, 5) is 11.8. The number of carbonyl (C=O) groups excluding carboxylic acids is 1. The highest BCUT2D eigenvalue weighted by Crippen LogP contribution is 2.69. The molecule has 4 rings (SSSR count). The fraction of sp³-hybridized carbons (Fsp3) is 0.947. The number of fused-ring (bicyclic) bond motifs is 5. The molecule has 4 fully saturated rings. The molecule has 4 saturated carbocycles. The van der Waals surface area contributed by atoms with Gasteiger partial charge in [-0.25, -0.2) is 8.78 Å². The van der Waals surface area contributed by atoms with E-state index in [0.29, 0.717) is 12.8 Å². The van der Waals surface area contributed by atoms with E-state index in [2.05, 4.69) is 13.8 Å². The van der Waals surface area contributed by atoms with Crippen LogP contribution < -0.4 is 0 Å². The molecule has 0 bridgehead atoms. The van der Waals surface area contributed by atoms with Gasteiger partial charge in [-0.3, -0.25) is 4.79 Å². The molecular formula is C19H28F2O. The maximum atomic E-state index is 15.1. The molecule has 0 aliphatic heterocycles. The molecule has 6 atom stereocenters. The van der Waals surface area contributed by atoms with E-state index < -0.39 is 11.8 Å². The van der Waals surface area contributed by atoms with Crippen molar-refractivity contribution in [1.82, 2.24) is 0 Å². The maximum absolute atomic E-state index is 15.1. The van der Waals surface area contributed by atoms with Crippen LogP contribution in [0.15, 0.2) is 0 Å². The molecule has 4 aliphatic rings.